The minimum absolute atomic E-state index is 0.0295. The summed E-state index contributed by atoms with van der Waals surface area (Å²) in [5, 5.41) is 10.7. The quantitative estimate of drug-likeness (QED) is 0.598. The van der Waals surface area contributed by atoms with E-state index in [2.05, 4.69) is 0 Å². The number of hydrogen-bond acceptors (Lipinski definition) is 3. The molecule has 5 heteroatoms. The molecule has 0 aromatic heterocycles. The maximum atomic E-state index is 13.0. The van der Waals surface area contributed by atoms with Gasteiger partial charge in [-0.1, -0.05) is 12.8 Å². The second kappa shape index (κ2) is 5.12. The molecule has 1 aromatic carbocycles. The van der Waals surface area contributed by atoms with Gasteiger partial charge in [-0.3, -0.25) is 10.1 Å². The summed E-state index contributed by atoms with van der Waals surface area (Å²) < 4.78 is 18.4. The van der Waals surface area contributed by atoms with Crippen LogP contribution in [0.1, 0.15) is 25.7 Å². The molecule has 2 rings (SSSR count). The normalized spacial score (nSPS) is 16.1. The number of nitrogens with zero attached hydrogens (tertiary/aromatic N) is 1. The van der Waals surface area contributed by atoms with Crippen molar-refractivity contribution in [2.24, 2.45) is 5.92 Å². The van der Waals surface area contributed by atoms with Crippen molar-refractivity contribution in [2.75, 3.05) is 6.61 Å². The zero-order valence-electron chi connectivity index (χ0n) is 9.39. The van der Waals surface area contributed by atoms with Gasteiger partial charge in [-0.15, -0.1) is 0 Å². The number of halogens is 1. The summed E-state index contributed by atoms with van der Waals surface area (Å²) >= 11 is 0. The van der Waals surface area contributed by atoms with Crippen LogP contribution in [0.5, 0.6) is 5.75 Å². The Kier molecular flexibility index (Phi) is 3.56. The number of nitro groups is 1. The lowest BCUT2D eigenvalue weighted by atomic mass is 10.1. The van der Waals surface area contributed by atoms with Crippen molar-refractivity contribution in [3.8, 4) is 5.75 Å². The molecule has 1 aromatic rings. The van der Waals surface area contributed by atoms with Crippen LogP contribution in [0.3, 0.4) is 0 Å². The molecular formula is C12H14FNO3. The number of rotatable bonds is 4. The highest BCUT2D eigenvalue weighted by Crippen LogP contribution is 2.30. The van der Waals surface area contributed by atoms with E-state index in [0.29, 0.717) is 12.5 Å². The molecule has 1 fully saturated rings. The Balaban J connectivity index is 2.07. The van der Waals surface area contributed by atoms with Gasteiger partial charge in [-0.2, -0.15) is 0 Å². The molecule has 0 saturated heterocycles. The summed E-state index contributed by atoms with van der Waals surface area (Å²) in [7, 11) is 0. The van der Waals surface area contributed by atoms with Gasteiger partial charge in [0.25, 0.3) is 0 Å². The highest BCUT2D eigenvalue weighted by Gasteiger charge is 2.19. The van der Waals surface area contributed by atoms with E-state index < -0.39 is 10.7 Å². The zero-order valence-corrected chi connectivity index (χ0v) is 9.39. The van der Waals surface area contributed by atoms with Crippen molar-refractivity contribution in [3.05, 3.63) is 34.1 Å². The van der Waals surface area contributed by atoms with Crippen LogP contribution in [0.2, 0.25) is 0 Å². The molecule has 17 heavy (non-hydrogen) atoms. The van der Waals surface area contributed by atoms with E-state index in [1.54, 1.807) is 0 Å². The molecule has 0 atom stereocenters. The first kappa shape index (κ1) is 11.8. The topological polar surface area (TPSA) is 52.4 Å². The van der Waals surface area contributed by atoms with Gasteiger partial charge in [0.15, 0.2) is 5.75 Å². The van der Waals surface area contributed by atoms with Gasteiger partial charge in [0.2, 0.25) is 0 Å². The Morgan fingerprint density at radius 3 is 2.76 bits per heavy atom. The summed E-state index contributed by atoms with van der Waals surface area (Å²) in [6.07, 6.45) is 4.53. The van der Waals surface area contributed by atoms with Crippen LogP contribution in [-0.4, -0.2) is 11.5 Å². The predicted molar refractivity (Wildman–Crippen MR) is 60.5 cm³/mol. The molecule has 0 aliphatic heterocycles. The Labute approximate surface area is 98.5 Å². The molecule has 0 radical (unpaired) electrons. The van der Waals surface area contributed by atoms with E-state index in [0.717, 1.165) is 31.0 Å². The second-order valence-electron chi connectivity index (χ2n) is 4.33. The Bertz CT molecular complexity index is 416. The number of hydrogen-bond donors (Lipinski definition) is 0. The Morgan fingerprint density at radius 2 is 2.12 bits per heavy atom. The predicted octanol–water partition coefficient (Wildman–Crippen LogP) is 3.30. The summed E-state index contributed by atoms with van der Waals surface area (Å²) in [4.78, 5) is 10.2. The average Bonchev–Trinajstić information content (AvgIpc) is 2.78. The molecule has 0 unspecified atom stereocenters. The molecule has 1 aliphatic rings. The first-order valence-corrected chi connectivity index (χ1v) is 5.73. The third-order valence-corrected chi connectivity index (χ3v) is 3.07. The smallest absolute Gasteiger partial charge is 0.311 e. The fourth-order valence-electron chi connectivity index (χ4n) is 2.14. The first-order valence-electron chi connectivity index (χ1n) is 5.73. The standard InChI is InChI=1S/C12H14FNO3/c13-10-5-6-11(14(15)16)12(7-10)17-8-9-3-1-2-4-9/h5-7,9H,1-4,8H2. The van der Waals surface area contributed by atoms with E-state index in [1.165, 1.54) is 12.8 Å². The van der Waals surface area contributed by atoms with Crippen LogP contribution in [0.15, 0.2) is 18.2 Å². The molecule has 1 aliphatic carbocycles. The lowest BCUT2D eigenvalue weighted by Crippen LogP contribution is -2.09. The van der Waals surface area contributed by atoms with E-state index in [4.69, 9.17) is 4.74 Å². The van der Waals surface area contributed by atoms with Gasteiger partial charge >= 0.3 is 5.69 Å². The van der Waals surface area contributed by atoms with Crippen LogP contribution in [0.4, 0.5) is 10.1 Å². The molecule has 1 saturated carbocycles. The van der Waals surface area contributed by atoms with E-state index in [9.17, 15) is 14.5 Å². The third-order valence-electron chi connectivity index (χ3n) is 3.07. The van der Waals surface area contributed by atoms with Crippen LogP contribution < -0.4 is 4.74 Å². The number of ether oxygens (including phenoxy) is 1. The maximum Gasteiger partial charge on any atom is 0.311 e. The molecule has 0 heterocycles. The van der Waals surface area contributed by atoms with Gasteiger partial charge in [0, 0.05) is 12.1 Å². The first-order chi connectivity index (χ1) is 8.16. The van der Waals surface area contributed by atoms with Crippen molar-refractivity contribution in [1.29, 1.82) is 0 Å². The highest BCUT2D eigenvalue weighted by atomic mass is 19.1. The summed E-state index contributed by atoms with van der Waals surface area (Å²) in [6, 6.07) is 3.28. The minimum atomic E-state index is -0.552. The van der Waals surface area contributed by atoms with Crippen LogP contribution in [-0.2, 0) is 0 Å². The summed E-state index contributed by atoms with van der Waals surface area (Å²) in [5.41, 5.74) is -0.176. The average molecular weight is 239 g/mol. The van der Waals surface area contributed by atoms with Crippen LogP contribution in [0.25, 0.3) is 0 Å². The van der Waals surface area contributed by atoms with E-state index >= 15 is 0 Å². The third kappa shape index (κ3) is 2.93. The van der Waals surface area contributed by atoms with Gasteiger partial charge in [0.05, 0.1) is 11.5 Å². The molecule has 92 valence electrons. The zero-order chi connectivity index (χ0) is 12.3. The van der Waals surface area contributed by atoms with Crippen LogP contribution >= 0.6 is 0 Å². The van der Waals surface area contributed by atoms with Crippen molar-refractivity contribution in [3.63, 3.8) is 0 Å². The van der Waals surface area contributed by atoms with E-state index in [-0.39, 0.29) is 11.4 Å². The van der Waals surface area contributed by atoms with Gasteiger partial charge in [0.1, 0.15) is 5.82 Å². The lowest BCUT2D eigenvalue weighted by Gasteiger charge is -2.11. The second-order valence-corrected chi connectivity index (χ2v) is 4.33. The van der Waals surface area contributed by atoms with Gasteiger partial charge in [-0.25, -0.2) is 4.39 Å². The molecule has 0 bridgehead atoms. The Hall–Kier alpha value is -1.65. The SMILES string of the molecule is O=[N+]([O-])c1ccc(F)cc1OCC1CCCC1. The molecular weight excluding hydrogens is 225 g/mol. The minimum Gasteiger partial charge on any atom is -0.486 e. The highest BCUT2D eigenvalue weighted by molar-refractivity contribution is 5.46. The summed E-state index contributed by atoms with van der Waals surface area (Å²) in [6.45, 7) is 0.435. The molecule has 0 N–H and O–H groups in total. The Morgan fingerprint density at radius 1 is 1.41 bits per heavy atom. The number of nitro benzene ring substituents is 1. The fraction of sp³-hybridized carbons (Fsp3) is 0.500. The fourth-order valence-corrected chi connectivity index (χ4v) is 2.14. The van der Waals surface area contributed by atoms with Crippen molar-refractivity contribution >= 4 is 5.69 Å². The monoisotopic (exact) mass is 239 g/mol. The van der Waals surface area contributed by atoms with Crippen molar-refractivity contribution in [2.45, 2.75) is 25.7 Å². The van der Waals surface area contributed by atoms with Crippen molar-refractivity contribution in [1.82, 2.24) is 0 Å². The largest absolute Gasteiger partial charge is 0.486 e. The lowest BCUT2D eigenvalue weighted by molar-refractivity contribution is -0.386. The van der Waals surface area contributed by atoms with Gasteiger partial charge in [-0.05, 0) is 24.8 Å². The van der Waals surface area contributed by atoms with Crippen molar-refractivity contribution < 1.29 is 14.1 Å². The molecule has 0 amide bonds. The molecule has 0 spiro atoms. The van der Waals surface area contributed by atoms with E-state index in [1.807, 2.05) is 0 Å². The number of benzene rings is 1. The van der Waals surface area contributed by atoms with Crippen LogP contribution in [0, 0.1) is 21.8 Å². The maximum absolute atomic E-state index is 13.0. The van der Waals surface area contributed by atoms with Gasteiger partial charge < -0.3 is 4.74 Å². The summed E-state index contributed by atoms with van der Waals surface area (Å²) in [5.74, 6) is -0.0446. The molecule has 4 nitrogen and oxygen atoms in total.